The predicted molar refractivity (Wildman–Crippen MR) is 124 cm³/mol. The number of anilines is 2. The summed E-state index contributed by atoms with van der Waals surface area (Å²) >= 11 is 6.06. The van der Waals surface area contributed by atoms with E-state index in [1.54, 1.807) is 55.7 Å². The molecule has 1 aliphatic carbocycles. The van der Waals surface area contributed by atoms with Gasteiger partial charge in [0.15, 0.2) is 5.60 Å². The summed E-state index contributed by atoms with van der Waals surface area (Å²) in [7, 11) is 0. The quantitative estimate of drug-likeness (QED) is 0.306. The SMILES string of the molecule is C[C@@H](OC(=O)Nc1[nH]ccc1-c1ccc(NC(=O)C2CC(O)(C#N)C2)cn1)c1cccnc1Cl. The molecule has 1 fully saturated rings. The van der Waals surface area contributed by atoms with Crippen LogP contribution in [0.2, 0.25) is 5.15 Å². The molecule has 11 heteroatoms. The van der Waals surface area contributed by atoms with Gasteiger partial charge in [0.25, 0.3) is 0 Å². The first kappa shape index (κ1) is 23.2. The summed E-state index contributed by atoms with van der Waals surface area (Å²) < 4.78 is 5.41. The minimum Gasteiger partial charge on any atom is -0.441 e. The molecule has 2 amide bonds. The first-order valence-electron chi connectivity index (χ1n) is 10.4. The van der Waals surface area contributed by atoms with Gasteiger partial charge in [0.1, 0.15) is 17.1 Å². The standard InChI is InChI=1S/C23H21ClN6O4/c1-13(16-3-2-7-26-19(16)24)34-22(32)30-20-17(6-8-27-20)18-5-4-15(11-28-18)29-21(31)14-9-23(33,10-14)12-25/h2-8,11,13-14,27,33H,9-10H2,1H3,(H,29,31)(H,30,32)/t13-,14?,23?/m1/s1. The van der Waals surface area contributed by atoms with Crippen LogP contribution in [0, 0.1) is 17.2 Å². The third-order valence-corrected chi connectivity index (χ3v) is 5.85. The number of nitrogens with one attached hydrogen (secondary N) is 3. The van der Waals surface area contributed by atoms with Gasteiger partial charge in [0.05, 0.1) is 23.6 Å². The minimum atomic E-state index is -1.41. The van der Waals surface area contributed by atoms with Gasteiger partial charge in [0.2, 0.25) is 5.91 Å². The van der Waals surface area contributed by atoms with Crippen LogP contribution < -0.4 is 10.6 Å². The van der Waals surface area contributed by atoms with E-state index in [4.69, 9.17) is 21.6 Å². The molecule has 0 unspecified atom stereocenters. The highest BCUT2D eigenvalue weighted by Gasteiger charge is 2.46. The molecule has 1 saturated carbocycles. The Morgan fingerprint density at radius 1 is 1.29 bits per heavy atom. The Balaban J connectivity index is 1.37. The normalized spacial score (nSPS) is 19.9. The number of nitriles is 1. The molecule has 3 heterocycles. The Morgan fingerprint density at radius 3 is 2.76 bits per heavy atom. The summed E-state index contributed by atoms with van der Waals surface area (Å²) in [6, 6.07) is 10.4. The average molecular weight is 481 g/mol. The maximum Gasteiger partial charge on any atom is 0.413 e. The van der Waals surface area contributed by atoms with Crippen molar-refractivity contribution in [3.8, 4) is 17.3 Å². The molecule has 0 saturated heterocycles. The zero-order chi connectivity index (χ0) is 24.3. The van der Waals surface area contributed by atoms with Gasteiger partial charge >= 0.3 is 6.09 Å². The van der Waals surface area contributed by atoms with Gasteiger partial charge in [-0.05, 0) is 31.2 Å². The van der Waals surface area contributed by atoms with E-state index in [-0.39, 0.29) is 23.9 Å². The van der Waals surface area contributed by atoms with Gasteiger partial charge in [-0.15, -0.1) is 0 Å². The number of H-pyrrole nitrogens is 1. The molecule has 3 aromatic rings. The Morgan fingerprint density at radius 2 is 2.09 bits per heavy atom. The van der Waals surface area contributed by atoms with Crippen molar-refractivity contribution in [1.82, 2.24) is 15.0 Å². The smallest absolute Gasteiger partial charge is 0.413 e. The van der Waals surface area contributed by atoms with Gasteiger partial charge in [-0.25, -0.2) is 9.78 Å². The molecular formula is C23H21ClN6O4. The molecule has 3 aromatic heterocycles. The van der Waals surface area contributed by atoms with Crippen LogP contribution in [0.4, 0.5) is 16.3 Å². The third kappa shape index (κ3) is 5.01. The Kier molecular flexibility index (Phi) is 6.49. The minimum absolute atomic E-state index is 0.112. The number of amides is 2. The molecule has 10 nitrogen and oxygen atoms in total. The lowest BCUT2D eigenvalue weighted by molar-refractivity contribution is -0.130. The van der Waals surface area contributed by atoms with Gasteiger partial charge in [0, 0.05) is 42.3 Å². The van der Waals surface area contributed by atoms with Crippen molar-refractivity contribution < 1.29 is 19.4 Å². The summed E-state index contributed by atoms with van der Waals surface area (Å²) in [5, 5.41) is 24.3. The van der Waals surface area contributed by atoms with Gasteiger partial charge in [-0.2, -0.15) is 5.26 Å². The highest BCUT2D eigenvalue weighted by molar-refractivity contribution is 6.30. The number of hydrogen-bond acceptors (Lipinski definition) is 7. The number of carbonyl (C=O) groups excluding carboxylic acids is 2. The number of rotatable bonds is 6. The predicted octanol–water partition coefficient (Wildman–Crippen LogP) is 4.04. The van der Waals surface area contributed by atoms with E-state index in [1.807, 2.05) is 0 Å². The van der Waals surface area contributed by atoms with E-state index in [0.29, 0.717) is 28.3 Å². The van der Waals surface area contributed by atoms with Gasteiger partial charge in [-0.1, -0.05) is 17.7 Å². The lowest BCUT2D eigenvalue weighted by atomic mass is 9.71. The molecule has 1 atom stereocenters. The second-order valence-electron chi connectivity index (χ2n) is 7.99. The van der Waals surface area contributed by atoms with Gasteiger partial charge in [-0.3, -0.25) is 15.1 Å². The van der Waals surface area contributed by atoms with Gasteiger partial charge < -0.3 is 20.1 Å². The largest absolute Gasteiger partial charge is 0.441 e. The van der Waals surface area contributed by atoms with Crippen molar-refractivity contribution in [2.24, 2.45) is 5.92 Å². The van der Waals surface area contributed by atoms with Crippen LogP contribution in [0.5, 0.6) is 0 Å². The lowest BCUT2D eigenvalue weighted by Gasteiger charge is -2.36. The van der Waals surface area contributed by atoms with Crippen molar-refractivity contribution >= 4 is 35.1 Å². The van der Waals surface area contributed by atoms with Crippen LogP contribution in [-0.2, 0) is 9.53 Å². The maximum absolute atomic E-state index is 12.4. The first-order valence-corrected chi connectivity index (χ1v) is 10.8. The highest BCUT2D eigenvalue weighted by atomic mass is 35.5. The molecule has 174 valence electrons. The molecular weight excluding hydrogens is 460 g/mol. The number of nitrogens with zero attached hydrogens (tertiary/aromatic N) is 3. The van der Waals surface area contributed by atoms with Crippen molar-refractivity contribution in [3.63, 3.8) is 0 Å². The Bertz CT molecular complexity index is 1250. The summed E-state index contributed by atoms with van der Waals surface area (Å²) in [6.45, 7) is 1.69. The topological polar surface area (TPSA) is 153 Å². The van der Waals surface area contributed by atoms with Crippen molar-refractivity contribution in [2.45, 2.75) is 31.5 Å². The summed E-state index contributed by atoms with van der Waals surface area (Å²) in [6.07, 6.45) is 3.62. The molecule has 0 radical (unpaired) electrons. The Hall–Kier alpha value is -3.94. The molecule has 0 bridgehead atoms. The van der Waals surface area contributed by atoms with Crippen LogP contribution in [-0.4, -0.2) is 37.7 Å². The number of aromatic nitrogens is 3. The summed E-state index contributed by atoms with van der Waals surface area (Å²) in [5.74, 6) is -0.298. The third-order valence-electron chi connectivity index (χ3n) is 5.54. The van der Waals surface area contributed by atoms with Crippen LogP contribution in [0.25, 0.3) is 11.3 Å². The highest BCUT2D eigenvalue weighted by Crippen LogP contribution is 2.38. The molecule has 1 aliphatic rings. The molecule has 0 aliphatic heterocycles. The molecule has 0 spiro atoms. The van der Waals surface area contributed by atoms with Crippen LogP contribution in [0.15, 0.2) is 48.9 Å². The number of ether oxygens (including phenoxy) is 1. The van der Waals surface area contributed by atoms with Crippen LogP contribution in [0.3, 0.4) is 0 Å². The van der Waals surface area contributed by atoms with Crippen LogP contribution >= 0.6 is 11.6 Å². The Labute approximate surface area is 199 Å². The number of hydrogen-bond donors (Lipinski definition) is 4. The second-order valence-corrected chi connectivity index (χ2v) is 8.35. The molecule has 4 rings (SSSR count). The number of aliphatic hydroxyl groups is 1. The van der Waals surface area contributed by atoms with Crippen LogP contribution in [0.1, 0.15) is 31.4 Å². The number of pyridine rings is 2. The number of aromatic amines is 1. The summed E-state index contributed by atoms with van der Waals surface area (Å²) in [4.78, 5) is 35.9. The van der Waals surface area contributed by atoms with E-state index >= 15 is 0 Å². The zero-order valence-corrected chi connectivity index (χ0v) is 18.8. The van der Waals surface area contributed by atoms with E-state index in [0.717, 1.165) is 0 Å². The molecule has 4 N–H and O–H groups in total. The second kappa shape index (κ2) is 9.51. The average Bonchev–Trinajstić information content (AvgIpc) is 3.25. The fourth-order valence-electron chi connectivity index (χ4n) is 3.65. The van der Waals surface area contributed by atoms with Crippen molar-refractivity contribution in [3.05, 3.63) is 59.6 Å². The van der Waals surface area contributed by atoms with Crippen molar-refractivity contribution in [2.75, 3.05) is 10.6 Å². The van der Waals surface area contributed by atoms with E-state index in [2.05, 4.69) is 25.6 Å². The number of halogens is 1. The first-order chi connectivity index (χ1) is 16.3. The molecule has 34 heavy (non-hydrogen) atoms. The maximum atomic E-state index is 12.4. The molecule has 0 aromatic carbocycles. The monoisotopic (exact) mass is 480 g/mol. The van der Waals surface area contributed by atoms with E-state index in [1.165, 1.54) is 6.20 Å². The van der Waals surface area contributed by atoms with Crippen molar-refractivity contribution in [1.29, 1.82) is 5.26 Å². The van der Waals surface area contributed by atoms with E-state index in [9.17, 15) is 14.7 Å². The number of carbonyl (C=O) groups is 2. The fraction of sp³-hybridized carbons (Fsp3) is 0.261. The van der Waals surface area contributed by atoms with E-state index < -0.39 is 23.7 Å². The summed E-state index contributed by atoms with van der Waals surface area (Å²) in [5.41, 5.74) is 0.836. The lowest BCUT2D eigenvalue weighted by Crippen LogP contribution is -2.47. The zero-order valence-electron chi connectivity index (χ0n) is 18.1. The fourth-order valence-corrected chi connectivity index (χ4v) is 3.92.